The minimum atomic E-state index is -1.52. The Morgan fingerprint density at radius 3 is 2.78 bits per heavy atom. The second-order valence-electron chi connectivity index (χ2n) is 3.66. The van der Waals surface area contributed by atoms with Crippen LogP contribution in [-0.2, 0) is 4.84 Å². The second-order valence-corrected chi connectivity index (χ2v) is 3.66. The molecule has 1 aromatic rings. The van der Waals surface area contributed by atoms with Gasteiger partial charge < -0.3 is 25.4 Å². The monoisotopic (exact) mass is 259 g/mol. The Kier molecular flexibility index (Phi) is 5.25. The number of aliphatic hydroxyl groups excluding tert-OH is 4. The molecule has 3 atom stereocenters. The molecule has 0 saturated carbocycles. The average Bonchev–Trinajstić information content (AvgIpc) is 2.86. The van der Waals surface area contributed by atoms with Crippen LogP contribution in [0.2, 0.25) is 0 Å². The predicted molar refractivity (Wildman–Crippen MR) is 61.8 cm³/mol. The molecule has 0 aliphatic heterocycles. The molecule has 0 aliphatic rings. The van der Waals surface area contributed by atoms with E-state index in [0.29, 0.717) is 11.5 Å². The van der Waals surface area contributed by atoms with E-state index in [1.807, 2.05) is 0 Å². The van der Waals surface area contributed by atoms with E-state index >= 15 is 0 Å². The number of nitrogens with one attached hydrogen (secondary N) is 2. The van der Waals surface area contributed by atoms with Gasteiger partial charge in [-0.1, -0.05) is 6.58 Å². The van der Waals surface area contributed by atoms with E-state index < -0.39 is 24.9 Å². The minimum absolute atomic E-state index is 0.184. The summed E-state index contributed by atoms with van der Waals surface area (Å²) in [7, 11) is 1.41. The third kappa shape index (κ3) is 3.28. The molecule has 0 saturated heterocycles. The maximum absolute atomic E-state index is 9.74. The molecule has 0 aliphatic carbocycles. The Labute approximate surface area is 104 Å². The molecule has 0 amide bonds. The van der Waals surface area contributed by atoms with E-state index in [4.69, 9.17) is 5.11 Å². The van der Waals surface area contributed by atoms with Crippen molar-refractivity contribution in [3.05, 3.63) is 24.3 Å². The van der Waals surface area contributed by atoms with Crippen LogP contribution in [0.3, 0.4) is 0 Å². The summed E-state index contributed by atoms with van der Waals surface area (Å²) >= 11 is 0. The summed E-state index contributed by atoms with van der Waals surface area (Å²) in [6.07, 6.45) is -3.07. The van der Waals surface area contributed by atoms with Gasteiger partial charge in [0.15, 0.2) is 5.82 Å². The smallest absolute Gasteiger partial charge is 0.155 e. The number of rotatable bonds is 7. The van der Waals surface area contributed by atoms with Crippen molar-refractivity contribution in [2.24, 2.45) is 0 Å². The number of nitrogens with zero attached hydrogens (tertiary/aromatic N) is 1. The van der Waals surface area contributed by atoms with Gasteiger partial charge in [-0.25, -0.2) is 4.98 Å². The van der Waals surface area contributed by atoms with E-state index in [9.17, 15) is 15.3 Å². The Hall–Kier alpha value is -1.45. The topological polar surface area (TPSA) is 131 Å². The zero-order chi connectivity index (χ0) is 13.7. The van der Waals surface area contributed by atoms with Gasteiger partial charge in [-0.2, -0.15) is 0 Å². The lowest BCUT2D eigenvalue weighted by Crippen LogP contribution is -2.34. The quantitative estimate of drug-likeness (QED) is 0.321. The third-order valence-corrected chi connectivity index (χ3v) is 2.33. The maximum Gasteiger partial charge on any atom is 0.155 e. The summed E-state index contributed by atoms with van der Waals surface area (Å²) in [6, 6.07) is 0. The standard InChI is InChI=1S/C10H17N3O5/c1-5(13-18-2)10-11-3-6(12-10)8(16)9(17)7(15)4-14/h3,7-9,13-17H,1,4H2,2H3,(H,11,12)/t7-,8-,9-/m1/s1. The summed E-state index contributed by atoms with van der Waals surface area (Å²) in [5.74, 6) is 0.316. The van der Waals surface area contributed by atoms with Crippen LogP contribution in [0.25, 0.3) is 5.70 Å². The van der Waals surface area contributed by atoms with Crippen LogP contribution in [-0.4, -0.2) is 56.3 Å². The van der Waals surface area contributed by atoms with Gasteiger partial charge in [0, 0.05) is 0 Å². The molecule has 0 aromatic carbocycles. The molecule has 0 radical (unpaired) electrons. The molecule has 6 N–H and O–H groups in total. The number of aliphatic hydroxyl groups is 4. The van der Waals surface area contributed by atoms with Crippen LogP contribution in [0.1, 0.15) is 17.6 Å². The molecule has 8 nitrogen and oxygen atoms in total. The summed E-state index contributed by atoms with van der Waals surface area (Å²) in [6.45, 7) is 2.96. The Morgan fingerprint density at radius 2 is 2.22 bits per heavy atom. The molecule has 102 valence electrons. The highest BCUT2D eigenvalue weighted by molar-refractivity contribution is 5.53. The van der Waals surface area contributed by atoms with Gasteiger partial charge in [0.2, 0.25) is 0 Å². The SMILES string of the molecule is C=C(NOC)c1ncc([C@@H](O)[C@H](O)[C@H](O)CO)[nH]1. The van der Waals surface area contributed by atoms with E-state index in [1.165, 1.54) is 13.3 Å². The fourth-order valence-corrected chi connectivity index (χ4v) is 1.31. The lowest BCUT2D eigenvalue weighted by atomic mass is 10.1. The van der Waals surface area contributed by atoms with Crippen molar-refractivity contribution in [2.75, 3.05) is 13.7 Å². The number of imidazole rings is 1. The molecule has 0 spiro atoms. The Balaban J connectivity index is 2.76. The van der Waals surface area contributed by atoms with Crippen molar-refractivity contribution in [2.45, 2.75) is 18.3 Å². The van der Waals surface area contributed by atoms with Crippen molar-refractivity contribution < 1.29 is 25.3 Å². The van der Waals surface area contributed by atoms with Crippen LogP contribution in [0.15, 0.2) is 12.8 Å². The molecule has 1 heterocycles. The number of hydroxylamine groups is 1. The molecule has 0 fully saturated rings. The lowest BCUT2D eigenvalue weighted by molar-refractivity contribution is -0.0788. The van der Waals surface area contributed by atoms with Gasteiger partial charge in [-0.05, 0) is 0 Å². The van der Waals surface area contributed by atoms with Gasteiger partial charge in [-0.3, -0.25) is 10.3 Å². The highest BCUT2D eigenvalue weighted by Crippen LogP contribution is 2.18. The highest BCUT2D eigenvalue weighted by Gasteiger charge is 2.27. The van der Waals surface area contributed by atoms with E-state index in [0.717, 1.165) is 0 Å². The number of aromatic nitrogens is 2. The van der Waals surface area contributed by atoms with Gasteiger partial charge >= 0.3 is 0 Å². The molecular formula is C10H17N3O5. The Morgan fingerprint density at radius 1 is 1.56 bits per heavy atom. The molecule has 1 rings (SSSR count). The fraction of sp³-hybridized carbons (Fsp3) is 0.500. The third-order valence-electron chi connectivity index (χ3n) is 2.33. The first kappa shape index (κ1) is 14.6. The number of H-pyrrole nitrogens is 1. The van der Waals surface area contributed by atoms with Crippen LogP contribution in [0, 0.1) is 0 Å². The fourth-order valence-electron chi connectivity index (χ4n) is 1.31. The van der Waals surface area contributed by atoms with Crippen LogP contribution >= 0.6 is 0 Å². The lowest BCUT2D eigenvalue weighted by Gasteiger charge is -2.20. The van der Waals surface area contributed by atoms with Gasteiger partial charge in [-0.15, -0.1) is 0 Å². The van der Waals surface area contributed by atoms with Crippen LogP contribution in [0.4, 0.5) is 0 Å². The van der Waals surface area contributed by atoms with E-state index in [2.05, 4.69) is 26.9 Å². The largest absolute Gasteiger partial charge is 0.394 e. The summed E-state index contributed by atoms with van der Waals surface area (Å²) in [4.78, 5) is 11.2. The molecule has 0 unspecified atom stereocenters. The van der Waals surface area contributed by atoms with E-state index in [1.54, 1.807) is 0 Å². The molecule has 0 bridgehead atoms. The number of hydrogen-bond acceptors (Lipinski definition) is 7. The van der Waals surface area contributed by atoms with Gasteiger partial charge in [0.25, 0.3) is 0 Å². The summed E-state index contributed by atoms with van der Waals surface area (Å²) in [5.41, 5.74) is 2.98. The van der Waals surface area contributed by atoms with E-state index in [-0.39, 0.29) is 5.69 Å². The highest BCUT2D eigenvalue weighted by atomic mass is 16.6. The van der Waals surface area contributed by atoms with Crippen LogP contribution in [0.5, 0.6) is 0 Å². The first-order valence-corrected chi connectivity index (χ1v) is 5.19. The zero-order valence-corrected chi connectivity index (χ0v) is 9.87. The van der Waals surface area contributed by atoms with Crippen LogP contribution < -0.4 is 5.48 Å². The van der Waals surface area contributed by atoms with Gasteiger partial charge in [0.05, 0.1) is 31.3 Å². The number of aromatic amines is 1. The minimum Gasteiger partial charge on any atom is -0.394 e. The summed E-state index contributed by atoms with van der Waals surface area (Å²) < 4.78 is 0. The molecule has 1 aromatic heterocycles. The maximum atomic E-state index is 9.74. The van der Waals surface area contributed by atoms with Crippen molar-refractivity contribution in [3.63, 3.8) is 0 Å². The summed E-state index contributed by atoms with van der Waals surface area (Å²) in [5, 5.41) is 37.2. The first-order valence-electron chi connectivity index (χ1n) is 5.19. The zero-order valence-electron chi connectivity index (χ0n) is 9.87. The predicted octanol–water partition coefficient (Wildman–Crippen LogP) is -1.72. The van der Waals surface area contributed by atoms with Crippen molar-refractivity contribution in [1.82, 2.24) is 15.4 Å². The second kappa shape index (κ2) is 6.47. The normalized spacial score (nSPS) is 16.1. The van der Waals surface area contributed by atoms with Gasteiger partial charge in [0.1, 0.15) is 18.3 Å². The molecule has 18 heavy (non-hydrogen) atoms. The molecular weight excluding hydrogens is 242 g/mol. The first-order chi connectivity index (χ1) is 8.51. The number of hydrogen-bond donors (Lipinski definition) is 6. The Bertz CT molecular complexity index is 395. The molecule has 8 heteroatoms. The van der Waals surface area contributed by atoms with Crippen molar-refractivity contribution >= 4 is 5.70 Å². The van der Waals surface area contributed by atoms with Crippen molar-refractivity contribution in [3.8, 4) is 0 Å². The van der Waals surface area contributed by atoms with Crippen molar-refractivity contribution in [1.29, 1.82) is 0 Å². The average molecular weight is 259 g/mol.